The Bertz CT molecular complexity index is 903. The third-order valence-corrected chi connectivity index (χ3v) is 4.96. The summed E-state index contributed by atoms with van der Waals surface area (Å²) in [5.74, 6) is -2.01. The van der Waals surface area contributed by atoms with Crippen molar-refractivity contribution >= 4 is 27.6 Å². The molecule has 8 heteroatoms. The number of anilines is 1. The molecule has 0 saturated heterocycles. The van der Waals surface area contributed by atoms with Crippen molar-refractivity contribution in [3.05, 3.63) is 59.2 Å². The van der Waals surface area contributed by atoms with E-state index in [2.05, 4.69) is 4.72 Å². The van der Waals surface area contributed by atoms with Crippen molar-refractivity contribution in [3.8, 4) is 0 Å². The number of carboxylic acid groups (broad SMARTS) is 2. The van der Waals surface area contributed by atoms with E-state index in [1.54, 1.807) is 19.1 Å². The standard InChI is InChI=1S/C17H17NO6S/c1-11-10-13(17(21)22)5-8-15(11)18-25(23,24)14-6-2-12(3-7-14)4-9-16(19)20/h2-3,5-8,10,18H,4,9H2,1H3,(H,19,20)(H,21,22). The minimum absolute atomic E-state index is 0.0283. The molecule has 0 amide bonds. The molecule has 0 aliphatic carbocycles. The maximum Gasteiger partial charge on any atom is 0.335 e. The average molecular weight is 363 g/mol. The first-order valence-corrected chi connectivity index (χ1v) is 8.85. The highest BCUT2D eigenvalue weighted by Gasteiger charge is 2.16. The molecule has 25 heavy (non-hydrogen) atoms. The lowest BCUT2D eigenvalue weighted by atomic mass is 10.1. The molecular formula is C17H17NO6S. The minimum Gasteiger partial charge on any atom is -0.481 e. The second-order valence-electron chi connectivity index (χ2n) is 5.48. The van der Waals surface area contributed by atoms with E-state index < -0.39 is 22.0 Å². The number of hydrogen-bond acceptors (Lipinski definition) is 4. The van der Waals surface area contributed by atoms with Crippen LogP contribution < -0.4 is 4.72 Å². The molecule has 0 unspecified atom stereocenters. The zero-order valence-electron chi connectivity index (χ0n) is 13.4. The molecule has 0 saturated carbocycles. The van der Waals surface area contributed by atoms with Gasteiger partial charge in [-0.3, -0.25) is 9.52 Å². The Morgan fingerprint density at radius 1 is 1.04 bits per heavy atom. The summed E-state index contributed by atoms with van der Waals surface area (Å²) >= 11 is 0. The van der Waals surface area contributed by atoms with Crippen LogP contribution in [0.5, 0.6) is 0 Å². The molecule has 132 valence electrons. The van der Waals surface area contributed by atoms with Gasteiger partial charge in [0.05, 0.1) is 16.1 Å². The van der Waals surface area contributed by atoms with Gasteiger partial charge in [0.1, 0.15) is 0 Å². The fourth-order valence-corrected chi connectivity index (χ4v) is 3.33. The highest BCUT2D eigenvalue weighted by molar-refractivity contribution is 7.92. The van der Waals surface area contributed by atoms with E-state index in [0.29, 0.717) is 17.7 Å². The number of aromatic carboxylic acids is 1. The van der Waals surface area contributed by atoms with Crippen LogP contribution >= 0.6 is 0 Å². The quantitative estimate of drug-likeness (QED) is 0.695. The van der Waals surface area contributed by atoms with Crippen molar-refractivity contribution in [1.82, 2.24) is 0 Å². The molecule has 0 aromatic heterocycles. The topological polar surface area (TPSA) is 121 Å². The van der Waals surface area contributed by atoms with E-state index >= 15 is 0 Å². The average Bonchev–Trinajstić information content (AvgIpc) is 2.55. The predicted octanol–water partition coefficient (Wildman–Crippen LogP) is 2.51. The molecule has 2 aromatic carbocycles. The van der Waals surface area contributed by atoms with Crippen molar-refractivity contribution in [2.45, 2.75) is 24.7 Å². The van der Waals surface area contributed by atoms with Crippen LogP contribution in [0.3, 0.4) is 0 Å². The number of aliphatic carboxylic acids is 1. The van der Waals surface area contributed by atoms with Crippen molar-refractivity contribution in [1.29, 1.82) is 0 Å². The van der Waals surface area contributed by atoms with Gasteiger partial charge in [-0.1, -0.05) is 12.1 Å². The van der Waals surface area contributed by atoms with E-state index in [0.717, 1.165) is 5.56 Å². The van der Waals surface area contributed by atoms with Gasteiger partial charge in [-0.15, -0.1) is 0 Å². The van der Waals surface area contributed by atoms with Crippen LogP contribution in [0.2, 0.25) is 0 Å². The van der Waals surface area contributed by atoms with E-state index in [1.807, 2.05) is 0 Å². The summed E-state index contributed by atoms with van der Waals surface area (Å²) in [6, 6.07) is 10.0. The SMILES string of the molecule is Cc1cc(C(=O)O)ccc1NS(=O)(=O)c1ccc(CCC(=O)O)cc1. The smallest absolute Gasteiger partial charge is 0.335 e. The Hall–Kier alpha value is -2.87. The normalized spacial score (nSPS) is 11.1. The van der Waals surface area contributed by atoms with Crippen LogP contribution in [0.15, 0.2) is 47.4 Å². The Balaban J connectivity index is 2.19. The number of sulfonamides is 1. The van der Waals surface area contributed by atoms with Gasteiger partial charge in [0.25, 0.3) is 10.0 Å². The molecule has 0 bridgehead atoms. The molecule has 0 fully saturated rings. The molecule has 0 radical (unpaired) electrons. The van der Waals surface area contributed by atoms with Crippen molar-refractivity contribution < 1.29 is 28.2 Å². The van der Waals surface area contributed by atoms with Gasteiger partial charge >= 0.3 is 11.9 Å². The molecule has 2 rings (SSSR count). The molecule has 0 aliphatic rings. The zero-order chi connectivity index (χ0) is 18.6. The van der Waals surface area contributed by atoms with Gasteiger partial charge < -0.3 is 10.2 Å². The first-order valence-electron chi connectivity index (χ1n) is 7.36. The number of rotatable bonds is 7. The molecule has 7 nitrogen and oxygen atoms in total. The third kappa shape index (κ3) is 4.80. The summed E-state index contributed by atoms with van der Waals surface area (Å²) < 4.78 is 27.3. The molecule has 0 atom stereocenters. The summed E-state index contributed by atoms with van der Waals surface area (Å²) in [5.41, 5.74) is 1.58. The van der Waals surface area contributed by atoms with E-state index in [9.17, 15) is 18.0 Å². The van der Waals surface area contributed by atoms with E-state index in [4.69, 9.17) is 10.2 Å². The monoisotopic (exact) mass is 363 g/mol. The largest absolute Gasteiger partial charge is 0.481 e. The first-order chi connectivity index (χ1) is 11.7. The minimum atomic E-state index is -3.83. The molecule has 0 heterocycles. The highest BCUT2D eigenvalue weighted by atomic mass is 32.2. The van der Waals surface area contributed by atoms with E-state index in [1.165, 1.54) is 30.3 Å². The number of carbonyl (C=O) groups is 2. The number of aryl methyl sites for hydroxylation is 2. The lowest BCUT2D eigenvalue weighted by Crippen LogP contribution is -2.14. The Labute approximate surface area is 145 Å². The van der Waals surface area contributed by atoms with Crippen LogP contribution in [-0.2, 0) is 21.2 Å². The summed E-state index contributed by atoms with van der Waals surface area (Å²) in [7, 11) is -3.83. The summed E-state index contributed by atoms with van der Waals surface area (Å²) in [6.45, 7) is 1.61. The van der Waals surface area contributed by atoms with Gasteiger partial charge in [-0.05, 0) is 54.8 Å². The molecule has 2 aromatic rings. The van der Waals surface area contributed by atoms with Gasteiger partial charge in [0.2, 0.25) is 0 Å². The first kappa shape index (κ1) is 18.5. The van der Waals surface area contributed by atoms with Gasteiger partial charge in [-0.25, -0.2) is 13.2 Å². The Kier molecular flexibility index (Phi) is 5.43. The molecule has 3 N–H and O–H groups in total. The van der Waals surface area contributed by atoms with Crippen LogP contribution in [-0.4, -0.2) is 30.6 Å². The second kappa shape index (κ2) is 7.35. The van der Waals surface area contributed by atoms with Gasteiger partial charge in [-0.2, -0.15) is 0 Å². The number of nitrogens with one attached hydrogen (secondary N) is 1. The maximum absolute atomic E-state index is 12.4. The molecular weight excluding hydrogens is 346 g/mol. The maximum atomic E-state index is 12.4. The van der Waals surface area contributed by atoms with Crippen LogP contribution in [0.1, 0.15) is 27.9 Å². The molecule has 0 aliphatic heterocycles. The number of carboxylic acids is 2. The second-order valence-corrected chi connectivity index (χ2v) is 7.16. The Morgan fingerprint density at radius 3 is 2.20 bits per heavy atom. The fourth-order valence-electron chi connectivity index (χ4n) is 2.20. The fraction of sp³-hybridized carbons (Fsp3) is 0.176. The van der Waals surface area contributed by atoms with Crippen molar-refractivity contribution in [2.75, 3.05) is 4.72 Å². The molecule has 0 spiro atoms. The van der Waals surface area contributed by atoms with Crippen LogP contribution in [0, 0.1) is 6.92 Å². The zero-order valence-corrected chi connectivity index (χ0v) is 14.2. The van der Waals surface area contributed by atoms with Gasteiger partial charge in [0, 0.05) is 6.42 Å². The highest BCUT2D eigenvalue weighted by Crippen LogP contribution is 2.21. The lowest BCUT2D eigenvalue weighted by Gasteiger charge is -2.11. The van der Waals surface area contributed by atoms with E-state index in [-0.39, 0.29) is 16.9 Å². The predicted molar refractivity (Wildman–Crippen MR) is 91.3 cm³/mol. The van der Waals surface area contributed by atoms with Gasteiger partial charge in [0.15, 0.2) is 0 Å². The van der Waals surface area contributed by atoms with Crippen LogP contribution in [0.4, 0.5) is 5.69 Å². The summed E-state index contributed by atoms with van der Waals surface area (Å²) in [5, 5.41) is 17.6. The lowest BCUT2D eigenvalue weighted by molar-refractivity contribution is -0.136. The van der Waals surface area contributed by atoms with Crippen molar-refractivity contribution in [2.24, 2.45) is 0 Å². The third-order valence-electron chi connectivity index (χ3n) is 3.58. The Morgan fingerprint density at radius 2 is 1.68 bits per heavy atom. The number of benzene rings is 2. The number of hydrogen-bond donors (Lipinski definition) is 3. The van der Waals surface area contributed by atoms with Crippen molar-refractivity contribution in [3.63, 3.8) is 0 Å². The summed E-state index contributed by atoms with van der Waals surface area (Å²) in [4.78, 5) is 21.5. The summed E-state index contributed by atoms with van der Waals surface area (Å²) in [6.07, 6.45) is 0.290. The van der Waals surface area contributed by atoms with Crippen LogP contribution in [0.25, 0.3) is 0 Å².